The maximum Gasteiger partial charge on any atom is 0.128 e. The summed E-state index contributed by atoms with van der Waals surface area (Å²) in [5.74, 6) is -0.225. The lowest BCUT2D eigenvalue weighted by Gasteiger charge is -2.43. The van der Waals surface area contributed by atoms with Gasteiger partial charge in [-0.3, -0.25) is 4.90 Å². The Morgan fingerprint density at radius 2 is 2.25 bits per heavy atom. The molecule has 0 radical (unpaired) electrons. The molecule has 3 nitrogen and oxygen atoms in total. The molecule has 1 aromatic carbocycles. The first-order valence-corrected chi connectivity index (χ1v) is 7.39. The van der Waals surface area contributed by atoms with E-state index in [2.05, 4.69) is 24.1 Å². The number of hydrogen-bond acceptors (Lipinski definition) is 3. The van der Waals surface area contributed by atoms with E-state index in [0.717, 1.165) is 6.54 Å². The summed E-state index contributed by atoms with van der Waals surface area (Å²) in [6.45, 7) is 6.39. The summed E-state index contributed by atoms with van der Waals surface area (Å²) in [6.07, 6.45) is -0.0795. The van der Waals surface area contributed by atoms with Gasteiger partial charge in [0.1, 0.15) is 5.82 Å². The van der Waals surface area contributed by atoms with Crippen LogP contribution < -0.4 is 5.32 Å². The summed E-state index contributed by atoms with van der Waals surface area (Å²) in [5.41, 5.74) is 0.617. The minimum Gasteiger partial charge on any atom is -0.374 e. The molecule has 1 heterocycles. The van der Waals surface area contributed by atoms with Gasteiger partial charge < -0.3 is 10.1 Å². The Balaban J connectivity index is 2.40. The average Bonchev–Trinajstić information content (AvgIpc) is 2.42. The third-order valence-electron chi connectivity index (χ3n) is 3.74. The number of morpholine rings is 1. The lowest BCUT2D eigenvalue weighted by molar-refractivity contribution is -0.0825. The van der Waals surface area contributed by atoms with Gasteiger partial charge in [0.2, 0.25) is 0 Å². The molecule has 1 N–H and O–H groups in total. The number of nitrogens with zero attached hydrogens (tertiary/aromatic N) is 1. The smallest absolute Gasteiger partial charge is 0.128 e. The monoisotopic (exact) mass is 300 g/mol. The first-order valence-electron chi connectivity index (χ1n) is 7.01. The van der Waals surface area contributed by atoms with Crippen molar-refractivity contribution in [3.63, 3.8) is 0 Å². The normalized spacial score (nSPS) is 24.3. The van der Waals surface area contributed by atoms with Crippen LogP contribution in [0.25, 0.3) is 0 Å². The second kappa shape index (κ2) is 6.85. The summed E-state index contributed by atoms with van der Waals surface area (Å²) in [4.78, 5) is 2.28. The van der Waals surface area contributed by atoms with Crippen LogP contribution in [0.2, 0.25) is 5.02 Å². The molecule has 1 aromatic rings. The van der Waals surface area contributed by atoms with Crippen molar-refractivity contribution >= 4 is 11.6 Å². The first kappa shape index (κ1) is 15.7. The van der Waals surface area contributed by atoms with Crippen LogP contribution in [-0.4, -0.2) is 43.8 Å². The molecule has 1 fully saturated rings. The van der Waals surface area contributed by atoms with E-state index in [1.165, 1.54) is 6.07 Å². The fourth-order valence-corrected chi connectivity index (χ4v) is 3.01. The Kier molecular flexibility index (Phi) is 5.38. The van der Waals surface area contributed by atoms with Crippen molar-refractivity contribution in [1.82, 2.24) is 10.2 Å². The van der Waals surface area contributed by atoms with Crippen molar-refractivity contribution in [3.05, 3.63) is 34.6 Å². The molecule has 112 valence electrons. The molecule has 0 aliphatic carbocycles. The van der Waals surface area contributed by atoms with Crippen LogP contribution in [0.15, 0.2) is 18.2 Å². The third-order valence-corrected chi connectivity index (χ3v) is 3.97. The summed E-state index contributed by atoms with van der Waals surface area (Å²) in [5, 5.41) is 3.68. The Labute approximate surface area is 125 Å². The number of benzene rings is 1. The minimum atomic E-state index is -0.225. The number of likely N-dealkylation sites (N-methyl/N-ethyl adjacent to an activating group) is 1. The molecule has 1 aliphatic rings. The summed E-state index contributed by atoms with van der Waals surface area (Å²) in [6, 6.07) is 4.93. The van der Waals surface area contributed by atoms with E-state index in [0.29, 0.717) is 29.8 Å². The fraction of sp³-hybridized carbons (Fsp3) is 0.600. The number of halogens is 2. The molecule has 2 rings (SSSR count). The molecule has 5 heteroatoms. The fourth-order valence-electron chi connectivity index (χ4n) is 2.82. The lowest BCUT2D eigenvalue weighted by atomic mass is 9.96. The van der Waals surface area contributed by atoms with Crippen LogP contribution in [0.3, 0.4) is 0 Å². The molecule has 0 bridgehead atoms. The maximum atomic E-state index is 14.2. The van der Waals surface area contributed by atoms with Gasteiger partial charge in [0.15, 0.2) is 0 Å². The van der Waals surface area contributed by atoms with E-state index in [1.54, 1.807) is 12.1 Å². The highest BCUT2D eigenvalue weighted by atomic mass is 35.5. The molecule has 20 heavy (non-hydrogen) atoms. The average molecular weight is 301 g/mol. The van der Waals surface area contributed by atoms with Crippen LogP contribution in [0.4, 0.5) is 4.39 Å². The molecule has 1 aliphatic heterocycles. The van der Waals surface area contributed by atoms with Gasteiger partial charge in [-0.25, -0.2) is 4.39 Å². The van der Waals surface area contributed by atoms with E-state index < -0.39 is 0 Å². The highest BCUT2D eigenvalue weighted by molar-refractivity contribution is 6.30. The molecular formula is C15H22ClFN2O. The van der Waals surface area contributed by atoms with Gasteiger partial charge in [0, 0.05) is 29.7 Å². The van der Waals surface area contributed by atoms with Crippen LogP contribution in [0.1, 0.15) is 25.5 Å². The topological polar surface area (TPSA) is 24.5 Å². The van der Waals surface area contributed by atoms with Gasteiger partial charge >= 0.3 is 0 Å². The molecule has 0 aromatic heterocycles. The zero-order chi connectivity index (χ0) is 14.7. The number of nitrogens with one attached hydrogen (secondary N) is 1. The largest absolute Gasteiger partial charge is 0.374 e. The van der Waals surface area contributed by atoms with Gasteiger partial charge in [0.25, 0.3) is 0 Å². The maximum absolute atomic E-state index is 14.2. The summed E-state index contributed by atoms with van der Waals surface area (Å²) in [7, 11) is 1.88. The highest BCUT2D eigenvalue weighted by Gasteiger charge is 2.36. The molecule has 2 atom stereocenters. The Hall–Kier alpha value is -0.680. The molecule has 0 saturated carbocycles. The van der Waals surface area contributed by atoms with Crippen LogP contribution >= 0.6 is 11.6 Å². The van der Waals surface area contributed by atoms with Gasteiger partial charge in [-0.1, -0.05) is 11.6 Å². The van der Waals surface area contributed by atoms with Crippen molar-refractivity contribution < 1.29 is 9.13 Å². The zero-order valence-corrected chi connectivity index (χ0v) is 13.0. The van der Waals surface area contributed by atoms with Crippen molar-refractivity contribution in [2.24, 2.45) is 0 Å². The van der Waals surface area contributed by atoms with Crippen molar-refractivity contribution in [2.75, 3.05) is 26.7 Å². The van der Waals surface area contributed by atoms with E-state index in [-0.39, 0.29) is 18.0 Å². The van der Waals surface area contributed by atoms with Crippen molar-refractivity contribution in [3.8, 4) is 0 Å². The molecule has 0 spiro atoms. The predicted octanol–water partition coefficient (Wildman–Crippen LogP) is 2.85. The third kappa shape index (κ3) is 3.31. The highest BCUT2D eigenvalue weighted by Crippen LogP contribution is 2.33. The van der Waals surface area contributed by atoms with Crippen LogP contribution in [0.5, 0.6) is 0 Å². The van der Waals surface area contributed by atoms with E-state index >= 15 is 0 Å². The van der Waals surface area contributed by atoms with Crippen molar-refractivity contribution in [1.29, 1.82) is 0 Å². The summed E-state index contributed by atoms with van der Waals surface area (Å²) >= 11 is 6.05. The number of rotatable bonds is 4. The number of hydrogen-bond donors (Lipinski definition) is 1. The standard InChI is InChI=1S/C15H22ClFN2O/c1-10(2)19-6-7-20-14(9-18-3)15(19)12-8-11(16)4-5-13(12)17/h4-5,8,10,14-15,18H,6-7,9H2,1-3H3. The van der Waals surface area contributed by atoms with E-state index in [9.17, 15) is 4.39 Å². The van der Waals surface area contributed by atoms with Gasteiger partial charge in [-0.05, 0) is 39.1 Å². The van der Waals surface area contributed by atoms with Crippen LogP contribution in [0, 0.1) is 5.82 Å². The van der Waals surface area contributed by atoms with Crippen molar-refractivity contribution in [2.45, 2.75) is 32.0 Å². The number of ether oxygens (including phenoxy) is 1. The van der Waals surface area contributed by atoms with Gasteiger partial charge in [-0.2, -0.15) is 0 Å². The Morgan fingerprint density at radius 1 is 1.50 bits per heavy atom. The quantitative estimate of drug-likeness (QED) is 0.925. The molecule has 1 saturated heterocycles. The Morgan fingerprint density at radius 3 is 2.90 bits per heavy atom. The summed E-state index contributed by atoms with van der Waals surface area (Å²) < 4.78 is 20.1. The van der Waals surface area contributed by atoms with Gasteiger partial charge in [0.05, 0.1) is 18.8 Å². The predicted molar refractivity (Wildman–Crippen MR) is 79.7 cm³/mol. The van der Waals surface area contributed by atoms with Gasteiger partial charge in [-0.15, -0.1) is 0 Å². The van der Waals surface area contributed by atoms with Crippen LogP contribution in [-0.2, 0) is 4.74 Å². The van der Waals surface area contributed by atoms with E-state index in [1.807, 2.05) is 7.05 Å². The first-order chi connectivity index (χ1) is 9.54. The SMILES string of the molecule is CNCC1OCCN(C(C)C)C1c1cc(Cl)ccc1F. The zero-order valence-electron chi connectivity index (χ0n) is 12.2. The van der Waals surface area contributed by atoms with E-state index in [4.69, 9.17) is 16.3 Å². The minimum absolute atomic E-state index is 0.0795. The molecule has 2 unspecified atom stereocenters. The second-order valence-electron chi connectivity index (χ2n) is 5.41. The Bertz CT molecular complexity index is 453. The second-order valence-corrected chi connectivity index (χ2v) is 5.85. The lowest BCUT2D eigenvalue weighted by Crippen LogP contribution is -2.51. The molecule has 0 amide bonds. The molecular weight excluding hydrogens is 279 g/mol.